The van der Waals surface area contributed by atoms with Crippen LogP contribution in [-0.2, 0) is 20.7 Å². The van der Waals surface area contributed by atoms with Gasteiger partial charge in [-0.3, -0.25) is 0 Å². The van der Waals surface area contributed by atoms with Crippen LogP contribution in [0.1, 0.15) is 31.7 Å². The van der Waals surface area contributed by atoms with Crippen molar-refractivity contribution < 1.29 is 50.9 Å². The second-order valence-corrected chi connectivity index (χ2v) is 7.10. The lowest BCUT2D eigenvalue weighted by molar-refractivity contribution is -0.284. The molecule has 1 N–H and O–H groups in total. The molecule has 0 bridgehead atoms. The predicted molar refractivity (Wildman–Crippen MR) is 108 cm³/mol. The van der Waals surface area contributed by atoms with Gasteiger partial charge < -0.3 is 24.2 Å². The number of rotatable bonds is 14. The zero-order valence-corrected chi connectivity index (χ0v) is 18.4. The number of hydrogen-bond donors (Lipinski definition) is 1. The number of aliphatic carboxylic acids is 1. The molecule has 1 atom stereocenters. The third kappa shape index (κ3) is 9.80. The molecule has 12 heteroatoms. The van der Waals surface area contributed by atoms with Gasteiger partial charge in [0.15, 0.2) is 6.10 Å². The van der Waals surface area contributed by atoms with Crippen LogP contribution in [0, 0.1) is 0 Å². The number of carbonyl (C=O) groups excluding carboxylic acids is 1. The minimum Gasteiger partial charge on any atom is -0.492 e. The Bertz CT molecular complexity index is 742. The van der Waals surface area contributed by atoms with Crippen LogP contribution in [0.25, 0.3) is 0 Å². The minimum atomic E-state index is -5.60. The molecule has 0 spiro atoms. The Balaban J connectivity index is 2.51. The lowest BCUT2D eigenvalue weighted by Crippen LogP contribution is -2.37. The molecule has 1 aromatic rings. The van der Waals surface area contributed by atoms with Gasteiger partial charge in [0.25, 0.3) is 0 Å². The van der Waals surface area contributed by atoms with Gasteiger partial charge in [0.2, 0.25) is 0 Å². The first-order valence-electron chi connectivity index (χ1n) is 10.2. The number of carbonyl (C=O) groups is 2. The fourth-order valence-corrected chi connectivity index (χ4v) is 2.84. The number of hydrogen-bond acceptors (Lipinski definition) is 5. The Morgan fingerprint density at radius 1 is 1.06 bits per heavy atom. The van der Waals surface area contributed by atoms with Gasteiger partial charge >= 0.3 is 24.2 Å². The summed E-state index contributed by atoms with van der Waals surface area (Å²) in [6.07, 6.45) is -9.01. The van der Waals surface area contributed by atoms with E-state index >= 15 is 0 Å². The van der Waals surface area contributed by atoms with Gasteiger partial charge in [-0.2, -0.15) is 22.0 Å². The molecule has 0 aliphatic carbocycles. The number of ether oxygens (including phenoxy) is 3. The monoisotopic (exact) mass is 485 g/mol. The molecule has 0 saturated carbocycles. The zero-order chi connectivity index (χ0) is 25.1. The van der Waals surface area contributed by atoms with Crippen molar-refractivity contribution >= 4 is 12.1 Å². The van der Waals surface area contributed by atoms with Crippen LogP contribution in [0.3, 0.4) is 0 Å². The van der Waals surface area contributed by atoms with Crippen LogP contribution in [0.4, 0.5) is 26.7 Å². The van der Waals surface area contributed by atoms with Gasteiger partial charge in [-0.1, -0.05) is 12.1 Å². The maximum atomic E-state index is 13.0. The molecule has 0 radical (unpaired) electrons. The molecule has 0 aliphatic heterocycles. The molecular formula is C21H28F5NO6. The van der Waals surface area contributed by atoms with E-state index in [-0.39, 0.29) is 39.1 Å². The molecule has 0 saturated heterocycles. The highest BCUT2D eigenvalue weighted by Gasteiger charge is 2.56. The first-order chi connectivity index (χ1) is 15.4. The first-order valence-corrected chi connectivity index (χ1v) is 10.2. The number of alkyl halides is 5. The number of unbranched alkanes of at least 4 members (excludes halogenated alkanes) is 1. The van der Waals surface area contributed by atoms with E-state index in [0.29, 0.717) is 5.75 Å². The Morgan fingerprint density at radius 3 is 2.21 bits per heavy atom. The summed E-state index contributed by atoms with van der Waals surface area (Å²) in [5, 5.41) is 9.13. The molecule has 1 unspecified atom stereocenters. The first kappa shape index (κ1) is 28.4. The summed E-state index contributed by atoms with van der Waals surface area (Å²) >= 11 is 0. The molecule has 0 fully saturated rings. The van der Waals surface area contributed by atoms with E-state index < -0.39 is 43.1 Å². The molecule has 188 valence electrons. The fourth-order valence-electron chi connectivity index (χ4n) is 2.84. The molecule has 1 amide bonds. The lowest BCUT2D eigenvalue weighted by Gasteiger charge is -2.22. The Hall–Kier alpha value is -2.63. The summed E-state index contributed by atoms with van der Waals surface area (Å²) in [4.78, 5) is 24.1. The van der Waals surface area contributed by atoms with E-state index in [1.165, 1.54) is 0 Å². The molecule has 1 rings (SSSR count). The highest BCUT2D eigenvalue weighted by molar-refractivity contribution is 5.72. The average molecular weight is 485 g/mol. The smallest absolute Gasteiger partial charge is 0.453 e. The van der Waals surface area contributed by atoms with E-state index in [2.05, 4.69) is 4.74 Å². The number of halogens is 5. The Morgan fingerprint density at radius 2 is 1.70 bits per heavy atom. The summed E-state index contributed by atoms with van der Waals surface area (Å²) < 4.78 is 77.8. The van der Waals surface area contributed by atoms with Crippen LogP contribution < -0.4 is 4.74 Å². The van der Waals surface area contributed by atoms with Crippen LogP contribution in [0.5, 0.6) is 5.75 Å². The van der Waals surface area contributed by atoms with Crippen LogP contribution >= 0.6 is 0 Å². The van der Waals surface area contributed by atoms with Crippen LogP contribution in [-0.4, -0.2) is 73.7 Å². The number of methoxy groups -OCH3 is 1. The van der Waals surface area contributed by atoms with Crippen LogP contribution in [0.15, 0.2) is 24.3 Å². The predicted octanol–water partition coefficient (Wildman–Crippen LogP) is 4.53. The van der Waals surface area contributed by atoms with E-state index in [1.54, 1.807) is 31.2 Å². The Kier molecular flexibility index (Phi) is 11.3. The fraction of sp³-hybridized carbons (Fsp3) is 0.619. The highest BCUT2D eigenvalue weighted by Crippen LogP contribution is 2.39. The molecule has 33 heavy (non-hydrogen) atoms. The number of carboxylic acids is 1. The maximum absolute atomic E-state index is 13.0. The highest BCUT2D eigenvalue weighted by atomic mass is 19.4. The molecular weight excluding hydrogens is 457 g/mol. The topological polar surface area (TPSA) is 85.3 Å². The van der Waals surface area contributed by atoms with Crippen molar-refractivity contribution in [1.82, 2.24) is 4.90 Å². The normalized spacial score (nSPS) is 12.8. The van der Waals surface area contributed by atoms with Gasteiger partial charge in [0.05, 0.1) is 13.7 Å². The summed E-state index contributed by atoms with van der Waals surface area (Å²) in [7, 11) is 1.12. The average Bonchev–Trinajstić information content (AvgIpc) is 2.74. The van der Waals surface area contributed by atoms with Crippen LogP contribution in [0.2, 0.25) is 0 Å². The summed E-state index contributed by atoms with van der Waals surface area (Å²) in [5.74, 6) is -5.40. The summed E-state index contributed by atoms with van der Waals surface area (Å²) in [6.45, 7) is 1.93. The van der Waals surface area contributed by atoms with Gasteiger partial charge in [0.1, 0.15) is 12.4 Å². The van der Waals surface area contributed by atoms with Gasteiger partial charge in [-0.15, -0.1) is 0 Å². The quantitative estimate of drug-likeness (QED) is 0.308. The number of amides is 1. The van der Waals surface area contributed by atoms with Gasteiger partial charge in [-0.05, 0) is 37.5 Å². The van der Waals surface area contributed by atoms with E-state index in [1.807, 2.05) is 0 Å². The summed E-state index contributed by atoms with van der Waals surface area (Å²) in [5.41, 5.74) is 0.718. The molecule has 1 aromatic carbocycles. The van der Waals surface area contributed by atoms with Crippen molar-refractivity contribution in [1.29, 1.82) is 0 Å². The lowest BCUT2D eigenvalue weighted by atomic mass is 10.1. The Labute approximate surface area is 188 Å². The van der Waals surface area contributed by atoms with Gasteiger partial charge in [0, 0.05) is 26.0 Å². The SMILES string of the molecule is CCOC(Cc1ccc(OCCN(CCCCC(F)(F)C(F)(F)F)C(=O)OC)cc1)C(=O)O. The molecule has 0 aliphatic rings. The standard InChI is InChI=1S/C21H28F5NO6/c1-3-32-17(18(28)29)14-15-6-8-16(9-7-15)33-13-12-27(19(30)31-2)11-5-4-10-20(22,23)21(24,25)26/h6-9,17H,3-5,10-14H2,1-2H3,(H,28,29). The minimum absolute atomic E-state index is 0.0177. The summed E-state index contributed by atoms with van der Waals surface area (Å²) in [6, 6.07) is 6.57. The van der Waals surface area contributed by atoms with Crippen molar-refractivity contribution in [3.05, 3.63) is 29.8 Å². The number of benzene rings is 1. The van der Waals surface area contributed by atoms with E-state index in [9.17, 15) is 31.5 Å². The molecule has 0 aromatic heterocycles. The number of carboxylic acid groups (broad SMARTS) is 1. The maximum Gasteiger partial charge on any atom is 0.453 e. The van der Waals surface area contributed by atoms with E-state index in [4.69, 9.17) is 14.6 Å². The second kappa shape index (κ2) is 13.2. The molecule has 0 heterocycles. The van der Waals surface area contributed by atoms with E-state index in [0.717, 1.165) is 17.6 Å². The van der Waals surface area contributed by atoms with Crippen molar-refractivity contribution in [3.63, 3.8) is 0 Å². The second-order valence-electron chi connectivity index (χ2n) is 7.10. The third-order valence-electron chi connectivity index (χ3n) is 4.63. The third-order valence-corrected chi connectivity index (χ3v) is 4.63. The molecule has 7 nitrogen and oxygen atoms in total. The largest absolute Gasteiger partial charge is 0.492 e. The van der Waals surface area contributed by atoms with Crippen molar-refractivity contribution in [2.45, 2.75) is 50.8 Å². The van der Waals surface area contributed by atoms with Crippen molar-refractivity contribution in [2.75, 3.05) is 33.4 Å². The zero-order valence-electron chi connectivity index (χ0n) is 18.4. The van der Waals surface area contributed by atoms with Crippen molar-refractivity contribution in [3.8, 4) is 5.75 Å². The number of nitrogens with zero attached hydrogens (tertiary/aromatic N) is 1. The van der Waals surface area contributed by atoms with Crippen molar-refractivity contribution in [2.24, 2.45) is 0 Å². The van der Waals surface area contributed by atoms with Gasteiger partial charge in [-0.25, -0.2) is 9.59 Å².